The monoisotopic (exact) mass is 388 g/mol. The van der Waals surface area contributed by atoms with Crippen molar-refractivity contribution in [3.63, 3.8) is 0 Å². The molecule has 0 fully saturated rings. The van der Waals surface area contributed by atoms with E-state index in [1.807, 2.05) is 18.2 Å². The van der Waals surface area contributed by atoms with Crippen LogP contribution in [0.4, 0.5) is 11.4 Å². The van der Waals surface area contributed by atoms with Gasteiger partial charge >= 0.3 is 0 Å². The van der Waals surface area contributed by atoms with Gasteiger partial charge in [-0.05, 0) is 77.8 Å². The van der Waals surface area contributed by atoms with Crippen molar-refractivity contribution < 1.29 is 5.11 Å². The molecule has 3 heteroatoms. The summed E-state index contributed by atoms with van der Waals surface area (Å²) in [6, 6.07) is 20.8. The van der Waals surface area contributed by atoms with Gasteiger partial charge in [0.2, 0.25) is 0 Å². The zero-order valence-electron chi connectivity index (χ0n) is 17.7. The van der Waals surface area contributed by atoms with Gasteiger partial charge in [0.1, 0.15) is 5.75 Å². The lowest BCUT2D eigenvalue weighted by atomic mass is 9.97. The summed E-state index contributed by atoms with van der Waals surface area (Å²) >= 11 is 0. The second kappa shape index (κ2) is 9.51. The molecule has 0 saturated carbocycles. The molecule has 152 valence electrons. The van der Waals surface area contributed by atoms with Gasteiger partial charge in [0.15, 0.2) is 0 Å². The smallest absolute Gasteiger partial charge is 0.115 e. The van der Waals surface area contributed by atoms with Crippen LogP contribution in [-0.4, -0.2) is 5.11 Å². The van der Waals surface area contributed by atoms with E-state index in [0.717, 1.165) is 31.4 Å². The first-order chi connectivity index (χ1) is 14.0. The molecule has 3 nitrogen and oxygen atoms in total. The Morgan fingerprint density at radius 2 is 1.45 bits per heavy atom. The molecule has 3 rings (SSSR count). The highest BCUT2D eigenvalue weighted by Gasteiger charge is 2.12. The van der Waals surface area contributed by atoms with Crippen molar-refractivity contribution in [3.8, 4) is 5.75 Å². The number of phenols is 1. The molecule has 1 atom stereocenters. The highest BCUT2D eigenvalue weighted by atomic mass is 16.3. The third-order valence-corrected chi connectivity index (χ3v) is 5.58. The minimum atomic E-state index is 0.218. The summed E-state index contributed by atoms with van der Waals surface area (Å²) in [6.45, 7) is 6.52. The molecule has 0 aliphatic heterocycles. The minimum Gasteiger partial charge on any atom is -0.508 e. The van der Waals surface area contributed by atoms with Crippen LogP contribution >= 0.6 is 0 Å². The van der Waals surface area contributed by atoms with Crippen molar-refractivity contribution >= 4 is 11.4 Å². The van der Waals surface area contributed by atoms with E-state index in [1.165, 1.54) is 33.5 Å². The van der Waals surface area contributed by atoms with Gasteiger partial charge in [0, 0.05) is 11.4 Å². The minimum absolute atomic E-state index is 0.218. The molecule has 0 radical (unpaired) electrons. The van der Waals surface area contributed by atoms with E-state index in [1.54, 1.807) is 12.1 Å². The van der Waals surface area contributed by atoms with Crippen LogP contribution in [0.5, 0.6) is 5.75 Å². The lowest BCUT2D eigenvalue weighted by molar-refractivity contribution is 0.475. The average Bonchev–Trinajstić information content (AvgIpc) is 2.74. The molecule has 3 aromatic carbocycles. The summed E-state index contributed by atoms with van der Waals surface area (Å²) in [5.41, 5.74) is 14.5. The Morgan fingerprint density at radius 1 is 0.828 bits per heavy atom. The third-order valence-electron chi connectivity index (χ3n) is 5.58. The van der Waals surface area contributed by atoms with E-state index in [-0.39, 0.29) is 6.04 Å². The van der Waals surface area contributed by atoms with Crippen molar-refractivity contribution in [3.05, 3.63) is 88.5 Å². The second-order valence-corrected chi connectivity index (χ2v) is 7.61. The van der Waals surface area contributed by atoms with Gasteiger partial charge in [-0.3, -0.25) is 0 Å². The summed E-state index contributed by atoms with van der Waals surface area (Å²) in [7, 11) is 0. The van der Waals surface area contributed by atoms with Crippen LogP contribution in [0.2, 0.25) is 0 Å². The van der Waals surface area contributed by atoms with Crippen LogP contribution in [0, 0.1) is 0 Å². The molecular weight excluding hydrogens is 356 g/mol. The van der Waals surface area contributed by atoms with Crippen LogP contribution < -0.4 is 11.1 Å². The topological polar surface area (TPSA) is 58.3 Å². The Morgan fingerprint density at radius 3 is 2.07 bits per heavy atom. The number of nitrogens with one attached hydrogen (secondary N) is 1. The van der Waals surface area contributed by atoms with Crippen LogP contribution in [0.1, 0.15) is 61.1 Å². The van der Waals surface area contributed by atoms with Gasteiger partial charge in [-0.25, -0.2) is 0 Å². The zero-order chi connectivity index (χ0) is 20.8. The Balaban J connectivity index is 1.80. The number of hydrogen-bond donors (Lipinski definition) is 3. The molecule has 0 amide bonds. The molecule has 0 saturated heterocycles. The van der Waals surface area contributed by atoms with E-state index in [9.17, 15) is 5.11 Å². The summed E-state index contributed by atoms with van der Waals surface area (Å²) in [4.78, 5) is 0. The summed E-state index contributed by atoms with van der Waals surface area (Å²) < 4.78 is 0. The molecule has 0 spiro atoms. The number of nitrogen functional groups attached to an aromatic ring is 1. The lowest BCUT2D eigenvalue weighted by Crippen LogP contribution is -2.11. The van der Waals surface area contributed by atoms with Gasteiger partial charge in [-0.15, -0.1) is 0 Å². The average molecular weight is 389 g/mol. The normalized spacial score (nSPS) is 12.0. The maximum Gasteiger partial charge on any atom is 0.115 e. The zero-order valence-corrected chi connectivity index (χ0v) is 17.7. The number of nitrogens with two attached hydrogens (primary N) is 1. The molecule has 29 heavy (non-hydrogen) atoms. The predicted molar refractivity (Wildman–Crippen MR) is 124 cm³/mol. The first kappa shape index (κ1) is 20.8. The van der Waals surface area contributed by atoms with E-state index in [4.69, 9.17) is 5.73 Å². The first-order valence-electron chi connectivity index (χ1n) is 10.6. The molecule has 1 unspecified atom stereocenters. The molecule has 0 aliphatic rings. The SMILES string of the molecule is CCc1cc(Cc2ccc(NC(CC)c3ccc(O)cc3)c(CC)c2)ccc1N. The fourth-order valence-corrected chi connectivity index (χ4v) is 3.82. The highest BCUT2D eigenvalue weighted by molar-refractivity contribution is 5.55. The summed E-state index contributed by atoms with van der Waals surface area (Å²) in [5, 5.41) is 13.3. The Labute approximate surface area is 174 Å². The lowest BCUT2D eigenvalue weighted by Gasteiger charge is -2.21. The van der Waals surface area contributed by atoms with Gasteiger partial charge in [-0.1, -0.05) is 57.2 Å². The van der Waals surface area contributed by atoms with Crippen LogP contribution in [0.3, 0.4) is 0 Å². The van der Waals surface area contributed by atoms with Gasteiger partial charge in [-0.2, -0.15) is 0 Å². The van der Waals surface area contributed by atoms with Crippen LogP contribution in [-0.2, 0) is 19.3 Å². The molecule has 0 heterocycles. The fraction of sp³-hybridized carbons (Fsp3) is 0.308. The molecule has 0 bridgehead atoms. The molecule has 4 N–H and O–H groups in total. The van der Waals surface area contributed by atoms with Crippen molar-refractivity contribution in [2.75, 3.05) is 11.1 Å². The van der Waals surface area contributed by atoms with Crippen LogP contribution in [0.25, 0.3) is 0 Å². The van der Waals surface area contributed by atoms with Crippen molar-refractivity contribution in [1.82, 2.24) is 0 Å². The van der Waals surface area contributed by atoms with Crippen LogP contribution in [0.15, 0.2) is 60.7 Å². The Hall–Kier alpha value is -2.94. The highest BCUT2D eigenvalue weighted by Crippen LogP contribution is 2.28. The largest absolute Gasteiger partial charge is 0.508 e. The third kappa shape index (κ3) is 5.11. The predicted octanol–water partition coefficient (Wildman–Crippen LogP) is 6.25. The number of aryl methyl sites for hydroxylation is 2. The maximum atomic E-state index is 9.56. The number of phenolic OH excluding ortho intramolecular Hbond substituents is 1. The number of aromatic hydroxyl groups is 1. The van der Waals surface area contributed by atoms with Gasteiger partial charge in [0.05, 0.1) is 6.04 Å². The Kier molecular flexibility index (Phi) is 6.82. The van der Waals surface area contributed by atoms with E-state index in [2.05, 4.69) is 56.4 Å². The van der Waals surface area contributed by atoms with E-state index >= 15 is 0 Å². The molecule has 3 aromatic rings. The van der Waals surface area contributed by atoms with E-state index in [0.29, 0.717) is 5.75 Å². The first-order valence-corrected chi connectivity index (χ1v) is 10.6. The van der Waals surface area contributed by atoms with Gasteiger partial charge in [0.25, 0.3) is 0 Å². The fourth-order valence-electron chi connectivity index (χ4n) is 3.82. The Bertz CT molecular complexity index is 947. The number of benzene rings is 3. The van der Waals surface area contributed by atoms with E-state index < -0.39 is 0 Å². The number of rotatable bonds is 8. The molecule has 0 aliphatic carbocycles. The maximum absolute atomic E-state index is 9.56. The molecule has 0 aromatic heterocycles. The number of hydrogen-bond acceptors (Lipinski definition) is 3. The van der Waals surface area contributed by atoms with Crippen molar-refractivity contribution in [2.45, 2.75) is 52.5 Å². The van der Waals surface area contributed by atoms with Gasteiger partial charge < -0.3 is 16.2 Å². The standard InChI is InChI=1S/C26H32N2O/c1-4-20-16-18(7-13-24(20)27)15-19-8-14-26(21(5-2)17-19)28-25(6-3)22-9-11-23(29)12-10-22/h7-14,16-17,25,28-29H,4-6,15,27H2,1-3H3. The summed E-state index contributed by atoms with van der Waals surface area (Å²) in [5.74, 6) is 0.302. The molecular formula is C26H32N2O. The van der Waals surface area contributed by atoms with Crippen molar-refractivity contribution in [1.29, 1.82) is 0 Å². The summed E-state index contributed by atoms with van der Waals surface area (Å²) in [6.07, 6.45) is 3.82. The number of anilines is 2. The second-order valence-electron chi connectivity index (χ2n) is 7.61. The van der Waals surface area contributed by atoms with Crippen molar-refractivity contribution in [2.24, 2.45) is 0 Å². The quantitative estimate of drug-likeness (QED) is 0.400.